The zero-order chi connectivity index (χ0) is 14.8. The van der Waals surface area contributed by atoms with Crippen molar-refractivity contribution in [1.82, 2.24) is 10.2 Å². The second-order valence-corrected chi connectivity index (χ2v) is 7.60. The van der Waals surface area contributed by atoms with Gasteiger partial charge in [0.1, 0.15) is 0 Å². The highest BCUT2D eigenvalue weighted by Crippen LogP contribution is 2.49. The lowest BCUT2D eigenvalue weighted by Gasteiger charge is -2.39. The number of nitrogens with zero attached hydrogens (tertiary/aromatic N) is 1. The quantitative estimate of drug-likeness (QED) is 0.844. The fraction of sp³-hybridized carbons (Fsp3) is 0.944. The van der Waals surface area contributed by atoms with E-state index in [1.54, 1.807) is 0 Å². The smallest absolute Gasteiger partial charge is 0.222 e. The van der Waals surface area contributed by atoms with Gasteiger partial charge in [-0.2, -0.15) is 0 Å². The molecule has 0 aromatic rings. The summed E-state index contributed by atoms with van der Waals surface area (Å²) in [7, 11) is 0. The van der Waals surface area contributed by atoms with Crippen LogP contribution >= 0.6 is 0 Å². The van der Waals surface area contributed by atoms with Crippen molar-refractivity contribution in [3.8, 4) is 0 Å². The first-order valence-electron chi connectivity index (χ1n) is 9.22. The Hall–Kier alpha value is -0.570. The Balaban J connectivity index is 1.51. The van der Waals surface area contributed by atoms with Gasteiger partial charge in [-0.15, -0.1) is 0 Å². The van der Waals surface area contributed by atoms with Gasteiger partial charge in [-0.05, 0) is 55.9 Å². The predicted molar refractivity (Wildman–Crippen MR) is 86.0 cm³/mol. The van der Waals surface area contributed by atoms with Crippen LogP contribution in [0.3, 0.4) is 0 Å². The number of hydrogen-bond donors (Lipinski definition) is 1. The number of fused-ring (bicyclic) bond motifs is 2. The third kappa shape index (κ3) is 3.28. The largest absolute Gasteiger partial charge is 0.342 e. The Kier molecular flexibility index (Phi) is 4.88. The predicted octanol–water partition coefficient (Wildman–Crippen LogP) is 3.05. The van der Waals surface area contributed by atoms with Crippen molar-refractivity contribution < 1.29 is 4.79 Å². The third-order valence-electron chi connectivity index (χ3n) is 6.40. The lowest BCUT2D eigenvalue weighted by Crippen LogP contribution is -2.51. The first kappa shape index (κ1) is 15.3. The Morgan fingerprint density at radius 2 is 2.00 bits per heavy atom. The lowest BCUT2D eigenvalue weighted by molar-refractivity contribution is -0.134. The summed E-state index contributed by atoms with van der Waals surface area (Å²) in [6.07, 6.45) is 8.72. The molecule has 2 bridgehead atoms. The van der Waals surface area contributed by atoms with E-state index < -0.39 is 0 Å². The lowest BCUT2D eigenvalue weighted by atomic mass is 9.85. The van der Waals surface area contributed by atoms with E-state index in [9.17, 15) is 4.79 Å². The summed E-state index contributed by atoms with van der Waals surface area (Å²) in [5.41, 5.74) is 0. The fourth-order valence-electron chi connectivity index (χ4n) is 5.18. The summed E-state index contributed by atoms with van der Waals surface area (Å²) < 4.78 is 0. The van der Waals surface area contributed by atoms with E-state index >= 15 is 0 Å². The van der Waals surface area contributed by atoms with Gasteiger partial charge in [0.05, 0.1) is 0 Å². The molecule has 5 unspecified atom stereocenters. The van der Waals surface area contributed by atoms with Crippen molar-refractivity contribution in [1.29, 1.82) is 0 Å². The average Bonchev–Trinajstić information content (AvgIpc) is 3.10. The Morgan fingerprint density at radius 3 is 2.62 bits per heavy atom. The summed E-state index contributed by atoms with van der Waals surface area (Å²) in [6, 6.07) is 0.617. The maximum Gasteiger partial charge on any atom is 0.222 e. The van der Waals surface area contributed by atoms with Gasteiger partial charge in [-0.1, -0.05) is 26.7 Å². The number of piperidine rings is 1. The van der Waals surface area contributed by atoms with Crippen molar-refractivity contribution >= 4 is 5.91 Å². The highest BCUT2D eigenvalue weighted by atomic mass is 16.2. The molecule has 3 nitrogen and oxygen atoms in total. The molecule has 21 heavy (non-hydrogen) atoms. The maximum absolute atomic E-state index is 12.7. The number of likely N-dealkylation sites (tertiary alicyclic amines) is 1. The van der Waals surface area contributed by atoms with Crippen LogP contribution in [-0.4, -0.2) is 36.5 Å². The van der Waals surface area contributed by atoms with Crippen molar-refractivity contribution in [2.45, 2.75) is 64.8 Å². The number of carbonyl (C=O) groups excluding carboxylic acids is 1. The number of hydrogen-bond acceptors (Lipinski definition) is 2. The molecule has 3 aliphatic rings. The van der Waals surface area contributed by atoms with E-state index in [1.807, 2.05) is 0 Å². The van der Waals surface area contributed by atoms with Crippen LogP contribution in [0.25, 0.3) is 0 Å². The van der Waals surface area contributed by atoms with E-state index in [4.69, 9.17) is 0 Å². The molecule has 1 N–H and O–H groups in total. The maximum atomic E-state index is 12.7. The Labute approximate surface area is 129 Å². The number of rotatable bonds is 5. The van der Waals surface area contributed by atoms with Crippen LogP contribution in [0.1, 0.15) is 58.8 Å². The van der Waals surface area contributed by atoms with Gasteiger partial charge in [0.25, 0.3) is 0 Å². The second-order valence-electron chi connectivity index (χ2n) is 7.60. The van der Waals surface area contributed by atoms with Crippen LogP contribution in [0.5, 0.6) is 0 Å². The summed E-state index contributed by atoms with van der Waals surface area (Å²) in [5, 5.41) is 3.60. The summed E-state index contributed by atoms with van der Waals surface area (Å²) in [5.74, 6) is 3.63. The molecule has 1 heterocycles. The van der Waals surface area contributed by atoms with Crippen LogP contribution in [0.15, 0.2) is 0 Å². The van der Waals surface area contributed by atoms with E-state index in [1.165, 1.54) is 32.1 Å². The van der Waals surface area contributed by atoms with Crippen molar-refractivity contribution in [3.63, 3.8) is 0 Å². The number of amides is 1. The van der Waals surface area contributed by atoms with Gasteiger partial charge in [0.2, 0.25) is 5.91 Å². The summed E-state index contributed by atoms with van der Waals surface area (Å²) in [6.45, 7) is 7.43. The highest BCUT2D eigenvalue weighted by Gasteiger charge is 2.41. The number of carbonyl (C=O) groups is 1. The van der Waals surface area contributed by atoms with E-state index in [0.29, 0.717) is 23.8 Å². The second kappa shape index (κ2) is 6.68. The normalized spacial score (nSPS) is 39.0. The molecule has 2 saturated carbocycles. The van der Waals surface area contributed by atoms with Crippen LogP contribution in [0, 0.1) is 23.7 Å². The third-order valence-corrected chi connectivity index (χ3v) is 6.40. The minimum Gasteiger partial charge on any atom is -0.342 e. The fourth-order valence-corrected chi connectivity index (χ4v) is 5.18. The Morgan fingerprint density at radius 1 is 1.14 bits per heavy atom. The highest BCUT2D eigenvalue weighted by molar-refractivity contribution is 5.76. The SMILES string of the molecule is CCNC1CCN(C(=O)CC2CC3CCC2C3)CC1CC. The van der Waals surface area contributed by atoms with Gasteiger partial charge in [0.15, 0.2) is 0 Å². The first-order chi connectivity index (χ1) is 10.2. The Bertz CT molecular complexity index is 370. The van der Waals surface area contributed by atoms with Gasteiger partial charge in [-0.3, -0.25) is 4.79 Å². The van der Waals surface area contributed by atoms with Crippen LogP contribution in [0.2, 0.25) is 0 Å². The topological polar surface area (TPSA) is 32.3 Å². The molecule has 5 atom stereocenters. The molecule has 0 spiro atoms. The number of nitrogens with one attached hydrogen (secondary N) is 1. The average molecular weight is 292 g/mol. The molecular formula is C18H32N2O. The standard InChI is InChI=1S/C18H32N2O/c1-3-14-12-20(8-7-17(14)19-4-2)18(21)11-16-10-13-5-6-15(16)9-13/h13-17,19H,3-12H2,1-2H3. The first-order valence-corrected chi connectivity index (χ1v) is 9.22. The van der Waals surface area contributed by atoms with E-state index in [2.05, 4.69) is 24.1 Å². The molecular weight excluding hydrogens is 260 g/mol. The van der Waals surface area contributed by atoms with Crippen molar-refractivity contribution in [2.75, 3.05) is 19.6 Å². The van der Waals surface area contributed by atoms with Gasteiger partial charge in [0, 0.05) is 25.6 Å². The molecule has 3 heteroatoms. The van der Waals surface area contributed by atoms with E-state index in [0.717, 1.165) is 44.3 Å². The molecule has 0 aromatic carbocycles. The minimum absolute atomic E-state index is 0.445. The molecule has 1 aliphatic heterocycles. The zero-order valence-electron chi connectivity index (χ0n) is 13.8. The zero-order valence-corrected chi connectivity index (χ0v) is 13.8. The van der Waals surface area contributed by atoms with E-state index in [-0.39, 0.29) is 0 Å². The molecule has 120 valence electrons. The minimum atomic E-state index is 0.445. The molecule has 1 saturated heterocycles. The molecule has 3 rings (SSSR count). The van der Waals surface area contributed by atoms with Crippen LogP contribution in [0.4, 0.5) is 0 Å². The summed E-state index contributed by atoms with van der Waals surface area (Å²) in [4.78, 5) is 14.8. The van der Waals surface area contributed by atoms with Gasteiger partial charge >= 0.3 is 0 Å². The van der Waals surface area contributed by atoms with Gasteiger partial charge < -0.3 is 10.2 Å². The molecule has 3 fully saturated rings. The van der Waals surface area contributed by atoms with Crippen molar-refractivity contribution in [3.05, 3.63) is 0 Å². The molecule has 0 aromatic heterocycles. The van der Waals surface area contributed by atoms with Crippen molar-refractivity contribution in [2.24, 2.45) is 23.7 Å². The molecule has 0 radical (unpaired) electrons. The molecule has 1 amide bonds. The van der Waals surface area contributed by atoms with Crippen LogP contribution < -0.4 is 5.32 Å². The monoisotopic (exact) mass is 292 g/mol. The van der Waals surface area contributed by atoms with Gasteiger partial charge in [-0.25, -0.2) is 0 Å². The molecule has 2 aliphatic carbocycles. The summed E-state index contributed by atoms with van der Waals surface area (Å²) >= 11 is 0. The van der Waals surface area contributed by atoms with Crippen LogP contribution in [-0.2, 0) is 4.79 Å².